The minimum absolute atomic E-state index is 0.137. The Labute approximate surface area is 153 Å². The van der Waals surface area contributed by atoms with Crippen LogP contribution in [0.5, 0.6) is 0 Å². The molecule has 0 fully saturated rings. The highest BCUT2D eigenvalue weighted by Gasteiger charge is 2.33. The highest BCUT2D eigenvalue weighted by molar-refractivity contribution is 7.92. The van der Waals surface area contributed by atoms with E-state index in [9.17, 15) is 12.8 Å². The molecule has 1 aromatic heterocycles. The summed E-state index contributed by atoms with van der Waals surface area (Å²) in [4.78, 5) is 3.27. The lowest BCUT2D eigenvalue weighted by atomic mass is 9.72. The van der Waals surface area contributed by atoms with Crippen LogP contribution < -0.4 is 4.72 Å². The second-order valence-corrected chi connectivity index (χ2v) is 9.48. The fourth-order valence-corrected chi connectivity index (χ4v) is 4.77. The first-order chi connectivity index (χ1) is 12.1. The maximum atomic E-state index is 14.0. The van der Waals surface area contributed by atoms with E-state index in [1.807, 2.05) is 6.07 Å². The van der Waals surface area contributed by atoms with Gasteiger partial charge in [0.15, 0.2) is 0 Å². The molecule has 0 saturated carbocycles. The van der Waals surface area contributed by atoms with Crippen LogP contribution in [0.3, 0.4) is 0 Å². The number of nitriles is 1. The number of aromatic nitrogens is 1. The summed E-state index contributed by atoms with van der Waals surface area (Å²) in [6, 6.07) is 5.47. The van der Waals surface area contributed by atoms with Crippen LogP contribution in [0.25, 0.3) is 0 Å². The Kier molecular flexibility index (Phi) is 4.57. The number of hydrogen-bond acceptors (Lipinski definition) is 3. The van der Waals surface area contributed by atoms with Crippen LogP contribution in [0.15, 0.2) is 29.3 Å². The Balaban J connectivity index is 1.89. The number of benzene rings is 1. The number of rotatable bonds is 3. The van der Waals surface area contributed by atoms with Gasteiger partial charge in [-0.3, -0.25) is 4.72 Å². The van der Waals surface area contributed by atoms with Crippen LogP contribution in [0, 0.1) is 28.5 Å². The van der Waals surface area contributed by atoms with Gasteiger partial charge in [-0.05, 0) is 54.4 Å². The summed E-state index contributed by atoms with van der Waals surface area (Å²) >= 11 is 0. The molecule has 0 spiro atoms. The van der Waals surface area contributed by atoms with E-state index >= 15 is 0 Å². The number of halogens is 1. The number of nitrogens with one attached hydrogen (secondary N) is 2. The summed E-state index contributed by atoms with van der Waals surface area (Å²) in [7, 11) is -3.91. The first-order valence-electron chi connectivity index (χ1n) is 8.53. The number of sulfonamides is 1. The molecule has 1 aliphatic carbocycles. The summed E-state index contributed by atoms with van der Waals surface area (Å²) < 4.78 is 41.9. The third-order valence-electron chi connectivity index (χ3n) is 5.09. The maximum absolute atomic E-state index is 14.0. The van der Waals surface area contributed by atoms with Crippen LogP contribution in [-0.4, -0.2) is 13.4 Å². The molecule has 0 saturated heterocycles. The molecular weight excluding hydrogens is 353 g/mol. The van der Waals surface area contributed by atoms with Crippen molar-refractivity contribution in [3.8, 4) is 6.07 Å². The molecule has 1 heterocycles. The molecule has 3 rings (SSSR count). The van der Waals surface area contributed by atoms with Gasteiger partial charge in [-0.1, -0.05) is 20.8 Å². The van der Waals surface area contributed by atoms with Crippen LogP contribution in [0.1, 0.15) is 44.0 Å². The zero-order valence-electron chi connectivity index (χ0n) is 15.1. The molecule has 1 aliphatic rings. The average Bonchev–Trinajstić information content (AvgIpc) is 2.99. The van der Waals surface area contributed by atoms with Crippen molar-refractivity contribution in [2.45, 2.75) is 44.9 Å². The lowest BCUT2D eigenvalue weighted by Crippen LogP contribution is -2.27. The monoisotopic (exact) mass is 375 g/mol. The predicted molar refractivity (Wildman–Crippen MR) is 97.7 cm³/mol. The van der Waals surface area contributed by atoms with Crippen molar-refractivity contribution in [2.24, 2.45) is 11.3 Å². The number of hydrogen-bond donors (Lipinski definition) is 2. The third-order valence-corrected chi connectivity index (χ3v) is 6.52. The van der Waals surface area contributed by atoms with Gasteiger partial charge in [0, 0.05) is 11.9 Å². The van der Waals surface area contributed by atoms with Crippen molar-refractivity contribution in [3.63, 3.8) is 0 Å². The van der Waals surface area contributed by atoms with Crippen molar-refractivity contribution in [3.05, 3.63) is 47.0 Å². The van der Waals surface area contributed by atoms with Gasteiger partial charge in [0.1, 0.15) is 10.7 Å². The third kappa shape index (κ3) is 3.47. The lowest BCUT2D eigenvalue weighted by molar-refractivity contribution is 0.214. The van der Waals surface area contributed by atoms with Gasteiger partial charge in [-0.25, -0.2) is 12.8 Å². The van der Waals surface area contributed by atoms with Gasteiger partial charge in [0.2, 0.25) is 0 Å². The summed E-state index contributed by atoms with van der Waals surface area (Å²) in [5.41, 5.74) is 1.86. The second kappa shape index (κ2) is 6.44. The molecule has 138 valence electrons. The molecule has 0 amide bonds. The number of fused-ring (bicyclic) bond motifs is 1. The molecular formula is C19H22FN3O2S. The van der Waals surface area contributed by atoms with E-state index in [0.29, 0.717) is 12.3 Å². The van der Waals surface area contributed by atoms with Gasteiger partial charge in [-0.2, -0.15) is 5.26 Å². The highest BCUT2D eigenvalue weighted by atomic mass is 32.2. The molecule has 26 heavy (non-hydrogen) atoms. The predicted octanol–water partition coefficient (Wildman–Crippen LogP) is 3.98. The van der Waals surface area contributed by atoms with Crippen LogP contribution in [-0.2, 0) is 22.9 Å². The SMILES string of the molecule is CC(C)(C)C1CCc2c(S(=O)(=O)Nc3ccc(C#N)cc3F)c[nH]c2C1. The van der Waals surface area contributed by atoms with Crippen LogP contribution in [0.4, 0.5) is 10.1 Å². The molecule has 0 aliphatic heterocycles. The summed E-state index contributed by atoms with van der Waals surface area (Å²) in [6.45, 7) is 6.58. The van der Waals surface area contributed by atoms with Crippen molar-refractivity contribution < 1.29 is 12.8 Å². The van der Waals surface area contributed by atoms with E-state index in [1.54, 1.807) is 0 Å². The van der Waals surface area contributed by atoms with E-state index in [1.165, 1.54) is 18.3 Å². The number of H-pyrrole nitrogens is 1. The fourth-order valence-electron chi connectivity index (χ4n) is 3.44. The largest absolute Gasteiger partial charge is 0.363 e. The Morgan fingerprint density at radius 3 is 2.69 bits per heavy atom. The van der Waals surface area contributed by atoms with Crippen molar-refractivity contribution in [1.82, 2.24) is 4.98 Å². The van der Waals surface area contributed by atoms with E-state index in [2.05, 4.69) is 30.5 Å². The second-order valence-electron chi connectivity index (χ2n) is 7.83. The zero-order valence-corrected chi connectivity index (χ0v) is 15.9. The maximum Gasteiger partial charge on any atom is 0.263 e. The minimum Gasteiger partial charge on any atom is -0.363 e. The molecule has 5 nitrogen and oxygen atoms in total. The molecule has 2 N–H and O–H groups in total. The average molecular weight is 375 g/mol. The molecule has 2 aromatic rings. The molecule has 1 unspecified atom stereocenters. The topological polar surface area (TPSA) is 85.8 Å². The lowest BCUT2D eigenvalue weighted by Gasteiger charge is -2.34. The first kappa shape index (κ1) is 18.5. The molecule has 0 radical (unpaired) electrons. The van der Waals surface area contributed by atoms with Crippen molar-refractivity contribution in [2.75, 3.05) is 4.72 Å². The van der Waals surface area contributed by atoms with E-state index in [4.69, 9.17) is 5.26 Å². The zero-order chi connectivity index (χ0) is 19.1. The Hall–Kier alpha value is -2.33. The van der Waals surface area contributed by atoms with Crippen molar-refractivity contribution in [1.29, 1.82) is 5.26 Å². The quantitative estimate of drug-likeness (QED) is 0.851. The van der Waals surface area contributed by atoms with E-state index in [-0.39, 0.29) is 21.6 Å². The molecule has 0 bridgehead atoms. The highest BCUT2D eigenvalue weighted by Crippen LogP contribution is 2.39. The minimum atomic E-state index is -3.91. The Morgan fingerprint density at radius 2 is 2.08 bits per heavy atom. The Bertz CT molecular complexity index is 981. The van der Waals surface area contributed by atoms with Crippen LogP contribution >= 0.6 is 0 Å². The smallest absolute Gasteiger partial charge is 0.263 e. The van der Waals surface area contributed by atoms with Crippen molar-refractivity contribution >= 4 is 15.7 Å². The molecule has 7 heteroatoms. The number of nitrogens with zero attached hydrogens (tertiary/aromatic N) is 1. The summed E-state index contributed by atoms with van der Waals surface area (Å²) in [6.07, 6.45) is 3.88. The van der Waals surface area contributed by atoms with Gasteiger partial charge in [0.05, 0.1) is 17.3 Å². The fraction of sp³-hybridized carbons (Fsp3) is 0.421. The number of anilines is 1. The normalized spacial score (nSPS) is 17.4. The van der Waals surface area contributed by atoms with Gasteiger partial charge in [-0.15, -0.1) is 0 Å². The van der Waals surface area contributed by atoms with E-state index in [0.717, 1.165) is 30.2 Å². The van der Waals surface area contributed by atoms with Crippen LogP contribution in [0.2, 0.25) is 0 Å². The number of aromatic amines is 1. The summed E-state index contributed by atoms with van der Waals surface area (Å²) in [5.74, 6) is -0.294. The van der Waals surface area contributed by atoms with Gasteiger partial charge < -0.3 is 4.98 Å². The van der Waals surface area contributed by atoms with Gasteiger partial charge >= 0.3 is 0 Å². The van der Waals surface area contributed by atoms with Gasteiger partial charge in [0.25, 0.3) is 10.0 Å². The molecule has 1 aromatic carbocycles. The Morgan fingerprint density at radius 1 is 1.35 bits per heavy atom. The first-order valence-corrected chi connectivity index (χ1v) is 10.0. The summed E-state index contributed by atoms with van der Waals surface area (Å²) in [5, 5.41) is 8.79. The molecule has 1 atom stereocenters. The standard InChI is InChI=1S/C19H22FN3O2S/c1-19(2,3)13-5-6-14-17(9-13)22-11-18(14)26(24,25)23-16-7-4-12(10-21)8-15(16)20/h4,7-8,11,13,22-23H,5-6,9H2,1-3H3. The van der Waals surface area contributed by atoms with E-state index < -0.39 is 15.8 Å².